The number of carbonyl (C=O) groups is 1. The molecule has 8 heteroatoms. The summed E-state index contributed by atoms with van der Waals surface area (Å²) in [7, 11) is 0. The summed E-state index contributed by atoms with van der Waals surface area (Å²) in [6.07, 6.45) is -0.0663. The van der Waals surface area contributed by atoms with Gasteiger partial charge in [0.1, 0.15) is 0 Å². The van der Waals surface area contributed by atoms with Gasteiger partial charge in [-0.05, 0) is 73.6 Å². The van der Waals surface area contributed by atoms with E-state index in [-0.39, 0.29) is 12.5 Å². The minimum atomic E-state index is -4.52. The average molecular weight is 448 g/mol. The van der Waals surface area contributed by atoms with E-state index in [2.05, 4.69) is 4.98 Å². The van der Waals surface area contributed by atoms with E-state index in [1.807, 2.05) is 6.92 Å². The smallest absolute Gasteiger partial charge is 0.417 e. The van der Waals surface area contributed by atoms with Crippen molar-refractivity contribution in [3.8, 4) is 5.88 Å². The molecular formula is C24H27F3N2O3. The molecule has 0 fully saturated rings. The molecule has 32 heavy (non-hydrogen) atoms. The minimum Gasteiger partial charge on any atom is -0.477 e. The molecule has 0 unspecified atom stereocenters. The van der Waals surface area contributed by atoms with Crippen LogP contribution in [0.25, 0.3) is 11.1 Å². The molecule has 1 aromatic heterocycles. The molecule has 0 amide bonds. The molecule has 1 aliphatic rings. The topological polar surface area (TPSA) is 74.4 Å². The third kappa shape index (κ3) is 5.41. The Morgan fingerprint density at radius 3 is 2.56 bits per heavy atom. The van der Waals surface area contributed by atoms with Gasteiger partial charge in [-0.3, -0.25) is 0 Å². The largest absolute Gasteiger partial charge is 0.477 e. The molecule has 0 radical (unpaired) electrons. The van der Waals surface area contributed by atoms with E-state index < -0.39 is 17.7 Å². The molecule has 1 aromatic carbocycles. The first-order chi connectivity index (χ1) is 15.2. The fraction of sp³-hybridized carbons (Fsp3) is 0.417. The normalized spacial score (nSPS) is 14.0. The summed E-state index contributed by atoms with van der Waals surface area (Å²) >= 11 is 0. The lowest BCUT2D eigenvalue weighted by Crippen LogP contribution is -2.09. The molecule has 0 bridgehead atoms. The number of nitrogens with zero attached hydrogens (tertiary/aromatic N) is 1. The average Bonchev–Trinajstić information content (AvgIpc) is 3.23. The Morgan fingerprint density at radius 2 is 1.88 bits per heavy atom. The van der Waals surface area contributed by atoms with Gasteiger partial charge >= 0.3 is 12.1 Å². The zero-order chi connectivity index (χ0) is 23.3. The first-order valence-electron chi connectivity index (χ1n) is 10.7. The Bertz CT molecular complexity index is 1020. The molecule has 1 aliphatic carbocycles. The van der Waals surface area contributed by atoms with Crippen LogP contribution in [0.4, 0.5) is 18.9 Å². The van der Waals surface area contributed by atoms with Crippen molar-refractivity contribution in [3.05, 3.63) is 52.7 Å². The lowest BCUT2D eigenvalue weighted by Gasteiger charge is -2.16. The number of hydrogen-bond donors (Lipinski definition) is 1. The Kier molecular flexibility index (Phi) is 7.43. The van der Waals surface area contributed by atoms with Gasteiger partial charge in [-0.2, -0.15) is 13.2 Å². The maximum atomic E-state index is 13.4. The zero-order valence-corrected chi connectivity index (χ0v) is 18.2. The summed E-state index contributed by atoms with van der Waals surface area (Å²) in [4.78, 5) is 16.2. The van der Waals surface area contributed by atoms with Gasteiger partial charge in [0.25, 0.3) is 0 Å². The number of anilines is 1. The predicted molar refractivity (Wildman–Crippen MR) is 117 cm³/mol. The summed E-state index contributed by atoms with van der Waals surface area (Å²) in [6, 6.07) is 6.03. The van der Waals surface area contributed by atoms with E-state index in [1.54, 1.807) is 19.1 Å². The summed E-state index contributed by atoms with van der Waals surface area (Å²) < 4.78 is 51.1. The molecule has 0 spiro atoms. The number of ether oxygens (including phenoxy) is 2. The zero-order valence-electron chi connectivity index (χ0n) is 18.2. The maximum absolute atomic E-state index is 13.4. The number of halogens is 3. The highest BCUT2D eigenvalue weighted by atomic mass is 19.4. The van der Waals surface area contributed by atoms with Crippen molar-refractivity contribution in [3.63, 3.8) is 0 Å². The summed E-state index contributed by atoms with van der Waals surface area (Å²) in [5.74, 6) is -0.305. The Labute approximate surface area is 185 Å². The second-order valence-electron chi connectivity index (χ2n) is 7.65. The Hall–Kier alpha value is -3.03. The molecule has 0 saturated heterocycles. The molecule has 3 rings (SSSR count). The number of allylic oxidation sites excluding steroid dienone is 2. The molecule has 0 atom stereocenters. The summed E-state index contributed by atoms with van der Waals surface area (Å²) in [5.41, 5.74) is 8.48. The molecule has 1 heterocycles. The number of unbranched alkanes of at least 4 members (excludes halogenated alkanes) is 1. The first-order valence-corrected chi connectivity index (χ1v) is 10.7. The van der Waals surface area contributed by atoms with E-state index in [1.165, 1.54) is 6.07 Å². The van der Waals surface area contributed by atoms with Crippen molar-refractivity contribution < 1.29 is 27.4 Å². The molecule has 5 nitrogen and oxygen atoms in total. The van der Waals surface area contributed by atoms with Crippen LogP contribution in [-0.4, -0.2) is 24.2 Å². The molecule has 2 N–H and O–H groups in total. The van der Waals surface area contributed by atoms with E-state index >= 15 is 0 Å². The van der Waals surface area contributed by atoms with Gasteiger partial charge in [0.15, 0.2) is 0 Å². The van der Waals surface area contributed by atoms with E-state index in [0.717, 1.165) is 42.7 Å². The number of rotatable bonds is 8. The van der Waals surface area contributed by atoms with Crippen LogP contribution in [0, 0.1) is 0 Å². The van der Waals surface area contributed by atoms with Crippen molar-refractivity contribution in [1.29, 1.82) is 0 Å². The van der Waals surface area contributed by atoms with E-state index in [4.69, 9.17) is 15.2 Å². The van der Waals surface area contributed by atoms with Crippen LogP contribution in [0.5, 0.6) is 5.88 Å². The fourth-order valence-electron chi connectivity index (χ4n) is 3.77. The molecule has 0 aliphatic heterocycles. The van der Waals surface area contributed by atoms with Crippen LogP contribution in [0.3, 0.4) is 0 Å². The lowest BCUT2D eigenvalue weighted by atomic mass is 9.95. The van der Waals surface area contributed by atoms with Gasteiger partial charge in [0, 0.05) is 17.4 Å². The number of aromatic nitrogens is 1. The number of benzene rings is 1. The third-order valence-corrected chi connectivity index (χ3v) is 5.27. The van der Waals surface area contributed by atoms with Gasteiger partial charge < -0.3 is 15.2 Å². The molecular weight excluding hydrogens is 421 g/mol. The van der Waals surface area contributed by atoms with Crippen molar-refractivity contribution in [1.82, 2.24) is 4.98 Å². The maximum Gasteiger partial charge on any atom is 0.417 e. The highest BCUT2D eigenvalue weighted by Gasteiger charge is 2.33. The Morgan fingerprint density at radius 1 is 1.12 bits per heavy atom. The van der Waals surface area contributed by atoms with Gasteiger partial charge in [0.05, 0.1) is 24.3 Å². The molecule has 0 saturated carbocycles. The van der Waals surface area contributed by atoms with Crippen LogP contribution in [0.2, 0.25) is 0 Å². The highest BCUT2D eigenvalue weighted by Crippen LogP contribution is 2.44. The lowest BCUT2D eigenvalue weighted by molar-refractivity contribution is -0.137. The van der Waals surface area contributed by atoms with Gasteiger partial charge in [-0.15, -0.1) is 0 Å². The van der Waals surface area contributed by atoms with Crippen LogP contribution >= 0.6 is 0 Å². The fourth-order valence-corrected chi connectivity index (χ4v) is 3.77. The number of carbonyl (C=O) groups excluding carboxylic acids is 1. The predicted octanol–water partition coefficient (Wildman–Crippen LogP) is 6.13. The highest BCUT2D eigenvalue weighted by molar-refractivity contribution is 5.97. The number of nitrogens with two attached hydrogens (primary N) is 1. The second-order valence-corrected chi connectivity index (χ2v) is 7.65. The van der Waals surface area contributed by atoms with E-state index in [0.29, 0.717) is 41.8 Å². The summed E-state index contributed by atoms with van der Waals surface area (Å²) in [6.45, 7) is 4.31. The first kappa shape index (κ1) is 23.6. The van der Waals surface area contributed by atoms with Crippen LogP contribution in [0.1, 0.15) is 73.0 Å². The van der Waals surface area contributed by atoms with Crippen LogP contribution < -0.4 is 10.5 Å². The number of esters is 1. The second kappa shape index (κ2) is 10.1. The molecule has 172 valence electrons. The van der Waals surface area contributed by atoms with Crippen LogP contribution in [0.15, 0.2) is 30.5 Å². The number of pyridine rings is 1. The van der Waals surface area contributed by atoms with Gasteiger partial charge in [0.2, 0.25) is 5.88 Å². The minimum absolute atomic E-state index is 0.190. The number of nitrogen functional groups attached to an aromatic ring is 1. The van der Waals surface area contributed by atoms with Crippen molar-refractivity contribution >= 4 is 22.8 Å². The number of hydrogen-bond acceptors (Lipinski definition) is 5. The van der Waals surface area contributed by atoms with Crippen molar-refractivity contribution in [2.75, 3.05) is 18.9 Å². The Balaban J connectivity index is 2.12. The number of alkyl halides is 3. The standard InChI is InChI=1S/C24H27F3N2O3/c1-3-5-9-32-22-21(13-17(14-29-22)24(25,26)27)20-8-6-7-19(20)15-10-16(12-18(28)11-15)23(30)31-4-2/h10-14H,3-9,28H2,1-2H3. The summed E-state index contributed by atoms with van der Waals surface area (Å²) in [5, 5.41) is 0. The van der Waals surface area contributed by atoms with Crippen molar-refractivity contribution in [2.24, 2.45) is 0 Å². The quantitative estimate of drug-likeness (QED) is 0.299. The van der Waals surface area contributed by atoms with E-state index in [9.17, 15) is 18.0 Å². The van der Waals surface area contributed by atoms with Crippen molar-refractivity contribution in [2.45, 2.75) is 52.1 Å². The van der Waals surface area contributed by atoms with Crippen LogP contribution in [-0.2, 0) is 10.9 Å². The molecule has 2 aromatic rings. The third-order valence-electron chi connectivity index (χ3n) is 5.27. The van der Waals surface area contributed by atoms with Gasteiger partial charge in [-0.25, -0.2) is 9.78 Å². The van der Waals surface area contributed by atoms with Gasteiger partial charge in [-0.1, -0.05) is 13.3 Å². The monoisotopic (exact) mass is 448 g/mol. The SMILES string of the molecule is CCCCOc1ncc(C(F)(F)F)cc1C1=C(c2cc(N)cc(C(=O)OCC)c2)CCC1.